The number of thioether (sulfide) groups is 1. The largest absolute Gasteiger partial charge is 0.487 e. The molecule has 4 aromatic rings. The van der Waals surface area contributed by atoms with Crippen LogP contribution in [0.3, 0.4) is 0 Å². The molecule has 1 aliphatic rings. The van der Waals surface area contributed by atoms with E-state index in [-0.39, 0.29) is 5.91 Å². The number of aliphatic imine (C=N–C) groups is 1. The number of hydrogen-bond donors (Lipinski definition) is 0. The van der Waals surface area contributed by atoms with Crippen LogP contribution < -0.4 is 9.64 Å². The molecule has 0 spiro atoms. The molecule has 0 unspecified atom stereocenters. The molecule has 0 saturated carbocycles. The molecule has 214 valence electrons. The summed E-state index contributed by atoms with van der Waals surface area (Å²) >= 11 is 18.3. The lowest BCUT2D eigenvalue weighted by molar-refractivity contribution is -0.113. The van der Waals surface area contributed by atoms with Gasteiger partial charge < -0.3 is 4.74 Å². The van der Waals surface area contributed by atoms with E-state index in [1.165, 1.54) is 22.9 Å². The molecule has 1 amide bonds. The van der Waals surface area contributed by atoms with E-state index >= 15 is 0 Å². The number of halogens is 4. The van der Waals surface area contributed by atoms with Gasteiger partial charge in [-0.2, -0.15) is 0 Å². The van der Waals surface area contributed by atoms with Crippen LogP contribution in [0.25, 0.3) is 6.08 Å². The molecule has 5 rings (SSSR count). The lowest BCUT2D eigenvalue weighted by Gasteiger charge is -2.16. The smallest absolute Gasteiger partial charge is 0.271 e. The van der Waals surface area contributed by atoms with Crippen LogP contribution in [0.2, 0.25) is 10.0 Å². The van der Waals surface area contributed by atoms with Crippen molar-refractivity contribution >= 4 is 109 Å². The summed E-state index contributed by atoms with van der Waals surface area (Å²) in [5, 5.41) is 1.78. The molecule has 1 fully saturated rings. The summed E-state index contributed by atoms with van der Waals surface area (Å²) in [4.78, 5) is 21.0. The van der Waals surface area contributed by atoms with Gasteiger partial charge in [-0.3, -0.25) is 9.69 Å². The second-order valence-electron chi connectivity index (χ2n) is 9.52. The molecule has 1 saturated heterocycles. The van der Waals surface area contributed by atoms with Gasteiger partial charge >= 0.3 is 0 Å². The second kappa shape index (κ2) is 14.2. The Hall–Kier alpha value is -2.05. The maximum atomic E-state index is 13.8. The van der Waals surface area contributed by atoms with E-state index in [9.17, 15) is 4.79 Å². The number of amides is 1. The first-order valence-corrected chi connectivity index (χ1v) is 17.0. The lowest BCUT2D eigenvalue weighted by atomic mass is 10.1. The summed E-state index contributed by atoms with van der Waals surface area (Å²) in [6.45, 7) is 4.56. The molecule has 0 radical (unpaired) electrons. The summed E-state index contributed by atoms with van der Waals surface area (Å²) in [6, 6.07) is 25.6. The summed E-state index contributed by atoms with van der Waals surface area (Å²) in [5.41, 5.74) is 5.83. The van der Waals surface area contributed by atoms with Crippen molar-refractivity contribution in [3.63, 3.8) is 0 Å². The van der Waals surface area contributed by atoms with Crippen molar-refractivity contribution in [1.29, 1.82) is 0 Å². The zero-order chi connectivity index (χ0) is 29.8. The van der Waals surface area contributed by atoms with Crippen LogP contribution in [0.4, 0.5) is 11.4 Å². The van der Waals surface area contributed by atoms with Crippen molar-refractivity contribution in [2.75, 3.05) is 4.90 Å². The molecule has 0 atom stereocenters. The van der Waals surface area contributed by atoms with E-state index in [4.69, 9.17) is 32.9 Å². The van der Waals surface area contributed by atoms with E-state index in [1.807, 2.05) is 48.5 Å². The zero-order valence-electron chi connectivity index (χ0n) is 22.8. The number of hydrogen-bond acceptors (Lipinski definition) is 4. The average Bonchev–Trinajstić information content (AvgIpc) is 3.27. The SMILES string of the molecule is CCc1ccc(N=C2S/C(=C\c3cc(I)c(OCc4ccc(Cl)cc4Cl)c(I)c3)C(=O)N2c2ccc(CC)cc2)cc1. The number of ether oxygens (including phenoxy) is 1. The highest BCUT2D eigenvalue weighted by Crippen LogP contribution is 2.39. The molecule has 9 heteroatoms. The Kier molecular flexibility index (Phi) is 10.6. The highest BCUT2D eigenvalue weighted by Gasteiger charge is 2.35. The van der Waals surface area contributed by atoms with Crippen molar-refractivity contribution in [2.24, 2.45) is 4.99 Å². The third-order valence-corrected chi connectivity index (χ3v) is 9.84. The molecule has 1 heterocycles. The monoisotopic (exact) mass is 838 g/mol. The van der Waals surface area contributed by atoms with Crippen LogP contribution in [0, 0.1) is 7.14 Å². The van der Waals surface area contributed by atoms with Crippen molar-refractivity contribution in [3.8, 4) is 5.75 Å². The summed E-state index contributed by atoms with van der Waals surface area (Å²) in [7, 11) is 0. The van der Waals surface area contributed by atoms with Crippen LogP contribution in [0.5, 0.6) is 5.75 Å². The van der Waals surface area contributed by atoms with Gasteiger partial charge in [-0.05, 0) is 141 Å². The third kappa shape index (κ3) is 7.35. The first kappa shape index (κ1) is 31.4. The van der Waals surface area contributed by atoms with E-state index < -0.39 is 0 Å². The Labute approximate surface area is 287 Å². The molecule has 0 N–H and O–H groups in total. The average molecular weight is 839 g/mol. The third-order valence-electron chi connectivity index (χ3n) is 6.68. The molecule has 0 aromatic heterocycles. The van der Waals surface area contributed by atoms with Gasteiger partial charge in [-0.15, -0.1) is 0 Å². The van der Waals surface area contributed by atoms with E-state index in [0.29, 0.717) is 26.7 Å². The number of benzene rings is 4. The van der Waals surface area contributed by atoms with E-state index in [1.54, 1.807) is 17.0 Å². The predicted octanol–water partition coefficient (Wildman–Crippen LogP) is 10.7. The molecule has 42 heavy (non-hydrogen) atoms. The number of aryl methyl sites for hydroxylation is 2. The maximum Gasteiger partial charge on any atom is 0.271 e. The number of carbonyl (C=O) groups is 1. The molecule has 4 aromatic carbocycles. The number of anilines is 1. The van der Waals surface area contributed by atoms with Crippen LogP contribution in [0.1, 0.15) is 36.1 Å². The number of rotatable bonds is 8. The number of carbonyl (C=O) groups excluding carboxylic acids is 1. The Morgan fingerprint density at radius 2 is 1.50 bits per heavy atom. The van der Waals surface area contributed by atoms with Crippen molar-refractivity contribution in [3.05, 3.63) is 123 Å². The fourth-order valence-electron chi connectivity index (χ4n) is 4.31. The Balaban J connectivity index is 1.44. The molecule has 4 nitrogen and oxygen atoms in total. The Morgan fingerprint density at radius 1 is 0.881 bits per heavy atom. The van der Waals surface area contributed by atoms with Crippen LogP contribution in [-0.4, -0.2) is 11.1 Å². The minimum Gasteiger partial charge on any atom is -0.487 e. The standard InChI is InChI=1S/C33H26Cl2I2N2O2S/c1-3-20-5-11-25(12-6-20)38-33-39(26-13-7-21(4-2)8-14-26)32(40)30(42-33)17-22-15-28(36)31(29(37)16-22)41-19-23-9-10-24(34)18-27(23)35/h5-18H,3-4,19H2,1-2H3/b30-17-,38-33?. The Morgan fingerprint density at radius 3 is 2.10 bits per heavy atom. The highest BCUT2D eigenvalue weighted by atomic mass is 127. The van der Waals surface area contributed by atoms with Gasteiger partial charge in [0.1, 0.15) is 12.4 Å². The summed E-state index contributed by atoms with van der Waals surface area (Å²) < 4.78 is 8.02. The van der Waals surface area contributed by atoms with Crippen molar-refractivity contribution < 1.29 is 9.53 Å². The first-order valence-electron chi connectivity index (χ1n) is 13.3. The maximum absolute atomic E-state index is 13.8. The molecule has 1 aliphatic heterocycles. The first-order chi connectivity index (χ1) is 20.2. The van der Waals surface area contributed by atoms with Gasteiger partial charge in [0.05, 0.1) is 23.4 Å². The van der Waals surface area contributed by atoms with Gasteiger partial charge in [0.2, 0.25) is 0 Å². The van der Waals surface area contributed by atoms with Crippen molar-refractivity contribution in [1.82, 2.24) is 0 Å². The quantitative estimate of drug-likeness (QED) is 0.131. The van der Waals surface area contributed by atoms with Gasteiger partial charge in [0, 0.05) is 15.6 Å². The molecular weight excluding hydrogens is 813 g/mol. The van der Waals surface area contributed by atoms with Crippen LogP contribution in [0.15, 0.2) is 88.8 Å². The van der Waals surface area contributed by atoms with Crippen molar-refractivity contribution in [2.45, 2.75) is 33.3 Å². The second-order valence-corrected chi connectivity index (χ2v) is 13.7. The molecule has 0 aliphatic carbocycles. The topological polar surface area (TPSA) is 41.9 Å². The fourth-order valence-corrected chi connectivity index (χ4v) is 7.91. The fraction of sp³-hybridized carbons (Fsp3) is 0.152. The van der Waals surface area contributed by atoms with Gasteiger partial charge in [0.25, 0.3) is 5.91 Å². The summed E-state index contributed by atoms with van der Waals surface area (Å²) in [6.07, 6.45) is 3.82. The van der Waals surface area contributed by atoms with Gasteiger partial charge in [-0.1, -0.05) is 67.4 Å². The van der Waals surface area contributed by atoms with E-state index in [0.717, 1.165) is 48.2 Å². The number of nitrogens with zero attached hydrogens (tertiary/aromatic N) is 2. The highest BCUT2D eigenvalue weighted by molar-refractivity contribution is 14.1. The van der Waals surface area contributed by atoms with Gasteiger partial charge in [-0.25, -0.2) is 4.99 Å². The summed E-state index contributed by atoms with van der Waals surface area (Å²) in [5.74, 6) is 0.668. The normalized spacial score (nSPS) is 15.2. The minimum absolute atomic E-state index is 0.101. The predicted molar refractivity (Wildman–Crippen MR) is 194 cm³/mol. The Bertz CT molecular complexity index is 1670. The molecule has 0 bridgehead atoms. The van der Waals surface area contributed by atoms with Crippen LogP contribution in [-0.2, 0) is 24.2 Å². The minimum atomic E-state index is -0.101. The molecular formula is C33H26Cl2I2N2O2S. The van der Waals surface area contributed by atoms with Gasteiger partial charge in [0.15, 0.2) is 5.17 Å². The van der Waals surface area contributed by atoms with Crippen LogP contribution >= 0.6 is 80.1 Å². The lowest BCUT2D eigenvalue weighted by Crippen LogP contribution is -2.28. The van der Waals surface area contributed by atoms with E-state index in [2.05, 4.69) is 83.3 Å². The zero-order valence-corrected chi connectivity index (χ0v) is 29.5. The number of amidine groups is 1.